The number of hydrogen-bond donors (Lipinski definition) is 1. The maximum absolute atomic E-state index is 14.3. The smallest absolute Gasteiger partial charge is 0.217 e. The number of carbonyl (C=O) groups excluding carboxylic acids is 1. The molecule has 1 aliphatic carbocycles. The van der Waals surface area contributed by atoms with Crippen molar-refractivity contribution < 1.29 is 9.18 Å². The number of halogens is 1. The zero-order chi connectivity index (χ0) is 15.9. The number of aryl methyl sites for hydroxylation is 2. The first-order valence-electron chi connectivity index (χ1n) is 7.97. The molecule has 1 aromatic rings. The van der Waals surface area contributed by atoms with Crippen LogP contribution in [-0.2, 0) is 4.79 Å². The number of carbonyl (C=O) groups is 1. The van der Waals surface area contributed by atoms with Crippen molar-refractivity contribution in [3.8, 4) is 0 Å². The van der Waals surface area contributed by atoms with Crippen LogP contribution in [0.15, 0.2) is 0 Å². The van der Waals surface area contributed by atoms with Crippen LogP contribution in [-0.4, -0.2) is 35.0 Å². The minimum Gasteiger partial charge on any atom is -0.354 e. The van der Waals surface area contributed by atoms with Crippen molar-refractivity contribution >= 4 is 11.7 Å². The molecule has 6 heteroatoms. The van der Waals surface area contributed by atoms with Crippen LogP contribution in [0.1, 0.15) is 37.7 Å². The van der Waals surface area contributed by atoms with Gasteiger partial charge in [-0.3, -0.25) is 4.79 Å². The van der Waals surface area contributed by atoms with E-state index in [2.05, 4.69) is 20.2 Å². The van der Waals surface area contributed by atoms with Gasteiger partial charge in [0.05, 0.1) is 5.69 Å². The van der Waals surface area contributed by atoms with Crippen molar-refractivity contribution in [3.05, 3.63) is 17.3 Å². The third-order valence-corrected chi connectivity index (χ3v) is 4.87. The molecule has 3 unspecified atom stereocenters. The van der Waals surface area contributed by atoms with Gasteiger partial charge in [0.1, 0.15) is 5.82 Å². The van der Waals surface area contributed by atoms with Crippen LogP contribution in [0.2, 0.25) is 0 Å². The molecule has 0 bridgehead atoms. The van der Waals surface area contributed by atoms with Gasteiger partial charge in [0.15, 0.2) is 11.6 Å². The predicted octanol–water partition coefficient (Wildman–Crippen LogP) is 1.97. The molecule has 0 aromatic carbocycles. The van der Waals surface area contributed by atoms with E-state index in [1.54, 1.807) is 20.8 Å². The van der Waals surface area contributed by atoms with Gasteiger partial charge >= 0.3 is 0 Å². The molecule has 1 saturated heterocycles. The van der Waals surface area contributed by atoms with Crippen molar-refractivity contribution in [1.82, 2.24) is 15.3 Å². The van der Waals surface area contributed by atoms with E-state index in [0.29, 0.717) is 29.2 Å². The van der Waals surface area contributed by atoms with Gasteiger partial charge in [-0.15, -0.1) is 0 Å². The second-order valence-electron chi connectivity index (χ2n) is 6.63. The molecule has 5 nitrogen and oxygen atoms in total. The van der Waals surface area contributed by atoms with Gasteiger partial charge in [0.2, 0.25) is 5.91 Å². The quantitative estimate of drug-likeness (QED) is 0.907. The van der Waals surface area contributed by atoms with Crippen molar-refractivity contribution in [2.45, 2.75) is 46.1 Å². The number of amides is 1. The number of nitrogens with one attached hydrogen (secondary N) is 1. The molecule has 120 valence electrons. The SMILES string of the molecule is CC(=O)NC1CCC2CN(c3nc(C)nc(C)c3F)CC2C1. The van der Waals surface area contributed by atoms with Crippen molar-refractivity contribution in [3.63, 3.8) is 0 Å². The van der Waals surface area contributed by atoms with E-state index in [0.717, 1.165) is 32.4 Å². The summed E-state index contributed by atoms with van der Waals surface area (Å²) in [5.41, 5.74) is 0.411. The van der Waals surface area contributed by atoms with Gasteiger partial charge < -0.3 is 10.2 Å². The molecule has 3 rings (SSSR count). The fourth-order valence-electron chi connectivity index (χ4n) is 3.91. The number of hydrogen-bond acceptors (Lipinski definition) is 4. The molecule has 1 N–H and O–H groups in total. The molecule has 22 heavy (non-hydrogen) atoms. The Labute approximate surface area is 130 Å². The van der Waals surface area contributed by atoms with Gasteiger partial charge in [-0.05, 0) is 44.9 Å². The topological polar surface area (TPSA) is 58.1 Å². The lowest BCUT2D eigenvalue weighted by atomic mass is 9.79. The lowest BCUT2D eigenvalue weighted by molar-refractivity contribution is -0.120. The minimum atomic E-state index is -0.303. The summed E-state index contributed by atoms with van der Waals surface area (Å²) < 4.78 is 14.3. The Balaban J connectivity index is 1.74. The van der Waals surface area contributed by atoms with E-state index >= 15 is 0 Å². The number of rotatable bonds is 2. The van der Waals surface area contributed by atoms with Gasteiger partial charge in [0, 0.05) is 26.1 Å². The van der Waals surface area contributed by atoms with E-state index < -0.39 is 0 Å². The van der Waals surface area contributed by atoms with E-state index in [4.69, 9.17) is 0 Å². The number of fused-ring (bicyclic) bond motifs is 1. The molecule has 1 saturated carbocycles. The van der Waals surface area contributed by atoms with Crippen LogP contribution >= 0.6 is 0 Å². The summed E-state index contributed by atoms with van der Waals surface area (Å²) >= 11 is 0. The summed E-state index contributed by atoms with van der Waals surface area (Å²) in [7, 11) is 0. The predicted molar refractivity (Wildman–Crippen MR) is 82.1 cm³/mol. The normalized spacial score (nSPS) is 27.6. The second-order valence-corrected chi connectivity index (χ2v) is 6.63. The second kappa shape index (κ2) is 5.82. The molecule has 0 spiro atoms. The van der Waals surface area contributed by atoms with Crippen LogP contribution in [0, 0.1) is 31.5 Å². The van der Waals surface area contributed by atoms with Gasteiger partial charge in [-0.2, -0.15) is 0 Å². The molecular formula is C16H23FN4O. The highest BCUT2D eigenvalue weighted by Crippen LogP contribution is 2.38. The number of aromatic nitrogens is 2. The zero-order valence-electron chi connectivity index (χ0n) is 13.4. The van der Waals surface area contributed by atoms with Crippen LogP contribution in [0.3, 0.4) is 0 Å². The van der Waals surface area contributed by atoms with E-state index in [9.17, 15) is 9.18 Å². The largest absolute Gasteiger partial charge is 0.354 e. The molecule has 0 radical (unpaired) electrons. The lowest BCUT2D eigenvalue weighted by Crippen LogP contribution is -2.39. The summed E-state index contributed by atoms with van der Waals surface area (Å²) in [6, 6.07) is 0.261. The van der Waals surface area contributed by atoms with Crippen molar-refractivity contribution in [2.24, 2.45) is 11.8 Å². The molecule has 2 aliphatic rings. The molecule has 1 aliphatic heterocycles. The molecule has 1 aromatic heterocycles. The van der Waals surface area contributed by atoms with E-state index in [-0.39, 0.29) is 17.8 Å². The Morgan fingerprint density at radius 3 is 2.68 bits per heavy atom. The number of nitrogens with zero attached hydrogens (tertiary/aromatic N) is 3. The highest BCUT2D eigenvalue weighted by atomic mass is 19.1. The maximum Gasteiger partial charge on any atom is 0.217 e. The van der Waals surface area contributed by atoms with Crippen LogP contribution in [0.4, 0.5) is 10.2 Å². The van der Waals surface area contributed by atoms with Crippen LogP contribution in [0.25, 0.3) is 0 Å². The van der Waals surface area contributed by atoms with E-state index in [1.807, 2.05) is 0 Å². The van der Waals surface area contributed by atoms with Gasteiger partial charge in [-0.1, -0.05) is 0 Å². The summed E-state index contributed by atoms with van der Waals surface area (Å²) in [5, 5.41) is 3.02. The lowest BCUT2D eigenvalue weighted by Gasteiger charge is -2.30. The maximum atomic E-state index is 14.3. The Morgan fingerprint density at radius 1 is 1.23 bits per heavy atom. The summed E-state index contributed by atoms with van der Waals surface area (Å²) in [4.78, 5) is 21.7. The van der Waals surface area contributed by atoms with Crippen LogP contribution < -0.4 is 10.2 Å². The Bertz CT molecular complexity index is 592. The monoisotopic (exact) mass is 306 g/mol. The van der Waals surface area contributed by atoms with E-state index in [1.165, 1.54) is 0 Å². The minimum absolute atomic E-state index is 0.0337. The highest BCUT2D eigenvalue weighted by Gasteiger charge is 2.39. The standard InChI is InChI=1S/C16H23FN4O/c1-9-15(17)16(19-10(2)18-9)21-7-12-4-5-14(20-11(3)22)6-13(12)8-21/h12-14H,4-8H2,1-3H3,(H,20,22). The van der Waals surface area contributed by atoms with Gasteiger partial charge in [-0.25, -0.2) is 14.4 Å². The Hall–Kier alpha value is -1.72. The van der Waals surface area contributed by atoms with Crippen LogP contribution in [0.5, 0.6) is 0 Å². The summed E-state index contributed by atoms with van der Waals surface area (Å²) in [5.74, 6) is 1.85. The highest BCUT2D eigenvalue weighted by molar-refractivity contribution is 5.73. The molecule has 1 amide bonds. The molecule has 2 heterocycles. The zero-order valence-corrected chi connectivity index (χ0v) is 13.4. The summed E-state index contributed by atoms with van der Waals surface area (Å²) in [6.07, 6.45) is 3.07. The Kier molecular flexibility index (Phi) is 4.02. The fourth-order valence-corrected chi connectivity index (χ4v) is 3.91. The third-order valence-electron chi connectivity index (χ3n) is 4.87. The average Bonchev–Trinajstić information content (AvgIpc) is 2.85. The molecular weight excluding hydrogens is 283 g/mol. The summed E-state index contributed by atoms with van der Waals surface area (Å²) in [6.45, 7) is 6.71. The number of anilines is 1. The first kappa shape index (κ1) is 15.2. The fraction of sp³-hybridized carbons (Fsp3) is 0.688. The molecule has 2 fully saturated rings. The van der Waals surface area contributed by atoms with Crippen molar-refractivity contribution in [2.75, 3.05) is 18.0 Å². The first-order valence-corrected chi connectivity index (χ1v) is 7.97. The Morgan fingerprint density at radius 2 is 1.95 bits per heavy atom. The molecule has 3 atom stereocenters. The first-order chi connectivity index (χ1) is 10.4. The van der Waals surface area contributed by atoms with Crippen molar-refractivity contribution in [1.29, 1.82) is 0 Å². The third kappa shape index (κ3) is 2.91. The van der Waals surface area contributed by atoms with Gasteiger partial charge in [0.25, 0.3) is 0 Å². The average molecular weight is 306 g/mol.